The molecule has 2 aromatic rings. The molecule has 1 saturated heterocycles. The van der Waals surface area contributed by atoms with Crippen LogP contribution in [0.25, 0.3) is 0 Å². The summed E-state index contributed by atoms with van der Waals surface area (Å²) >= 11 is 0. The van der Waals surface area contributed by atoms with Crippen molar-refractivity contribution in [3.63, 3.8) is 0 Å². The summed E-state index contributed by atoms with van der Waals surface area (Å²) in [6.07, 6.45) is 2.51. The van der Waals surface area contributed by atoms with Gasteiger partial charge < -0.3 is 14.4 Å². The van der Waals surface area contributed by atoms with Gasteiger partial charge in [-0.3, -0.25) is 14.3 Å². The van der Waals surface area contributed by atoms with Gasteiger partial charge in [-0.1, -0.05) is 6.92 Å². The number of nitrogens with zero attached hydrogens (tertiary/aromatic N) is 4. The second kappa shape index (κ2) is 7.86. The molecule has 0 saturated carbocycles. The summed E-state index contributed by atoms with van der Waals surface area (Å²) in [6.45, 7) is 9.04. The van der Waals surface area contributed by atoms with Gasteiger partial charge >= 0.3 is 0 Å². The minimum atomic E-state index is -0.0564. The topological polar surface area (TPSA) is 69.5 Å². The van der Waals surface area contributed by atoms with E-state index in [1.54, 1.807) is 23.9 Å². The summed E-state index contributed by atoms with van der Waals surface area (Å²) in [6, 6.07) is 1.62. The number of hydrogen-bond donors (Lipinski definition) is 0. The summed E-state index contributed by atoms with van der Waals surface area (Å²) in [5.74, 6) is 1.51. The molecule has 0 atom stereocenters. The van der Waals surface area contributed by atoms with E-state index in [-0.39, 0.29) is 5.56 Å². The summed E-state index contributed by atoms with van der Waals surface area (Å²) in [4.78, 5) is 24.2. The van der Waals surface area contributed by atoms with Gasteiger partial charge in [0.2, 0.25) is 5.95 Å². The van der Waals surface area contributed by atoms with Crippen LogP contribution in [0.5, 0.6) is 5.75 Å². The predicted octanol–water partition coefficient (Wildman–Crippen LogP) is 1.71. The van der Waals surface area contributed by atoms with Crippen molar-refractivity contribution in [2.45, 2.75) is 33.7 Å². The molecule has 7 nitrogen and oxygen atoms in total. The highest BCUT2D eigenvalue weighted by Crippen LogP contribution is 2.25. The van der Waals surface area contributed by atoms with E-state index in [9.17, 15) is 4.79 Å². The van der Waals surface area contributed by atoms with E-state index in [0.29, 0.717) is 25.7 Å². The zero-order valence-electron chi connectivity index (χ0n) is 15.9. The molecule has 0 radical (unpaired) electrons. The fraction of sp³-hybridized carbons (Fsp3) is 0.526. The highest BCUT2D eigenvalue weighted by Gasteiger charge is 2.20. The average Bonchev–Trinajstić information content (AvgIpc) is 2.66. The highest BCUT2D eigenvalue weighted by molar-refractivity contribution is 5.42. The van der Waals surface area contributed by atoms with Crippen molar-refractivity contribution >= 4 is 5.95 Å². The van der Waals surface area contributed by atoms with E-state index in [2.05, 4.69) is 9.88 Å². The third-order valence-corrected chi connectivity index (χ3v) is 4.75. The molecule has 1 aliphatic heterocycles. The number of hydrogen-bond acceptors (Lipinski definition) is 6. The molecule has 7 heteroatoms. The molecule has 0 bridgehead atoms. The maximum atomic E-state index is 12.8. The maximum absolute atomic E-state index is 12.8. The average molecular weight is 358 g/mol. The maximum Gasteiger partial charge on any atom is 0.255 e. The lowest BCUT2D eigenvalue weighted by molar-refractivity contribution is 0.121. The zero-order valence-corrected chi connectivity index (χ0v) is 15.9. The Morgan fingerprint density at radius 3 is 2.65 bits per heavy atom. The zero-order chi connectivity index (χ0) is 18.7. The quantitative estimate of drug-likeness (QED) is 0.810. The normalized spacial score (nSPS) is 14.5. The molecule has 0 spiro atoms. The Balaban J connectivity index is 2.06. The van der Waals surface area contributed by atoms with E-state index in [4.69, 9.17) is 14.5 Å². The molecule has 0 aromatic carbocycles. The number of anilines is 1. The minimum Gasteiger partial charge on any atom is -0.496 e. The van der Waals surface area contributed by atoms with E-state index >= 15 is 0 Å². The van der Waals surface area contributed by atoms with E-state index in [0.717, 1.165) is 47.8 Å². The van der Waals surface area contributed by atoms with Crippen LogP contribution in [0.2, 0.25) is 0 Å². The summed E-state index contributed by atoms with van der Waals surface area (Å²) in [5, 5.41) is 0. The summed E-state index contributed by atoms with van der Waals surface area (Å²) in [7, 11) is 1.65. The van der Waals surface area contributed by atoms with E-state index in [1.807, 2.05) is 20.8 Å². The van der Waals surface area contributed by atoms with E-state index in [1.165, 1.54) is 0 Å². The lowest BCUT2D eigenvalue weighted by atomic mass is 10.1. The second-order valence-corrected chi connectivity index (χ2v) is 6.47. The number of aromatic nitrogens is 3. The van der Waals surface area contributed by atoms with Crippen LogP contribution in [0.4, 0.5) is 5.95 Å². The Kier molecular flexibility index (Phi) is 5.56. The first kappa shape index (κ1) is 18.4. The highest BCUT2D eigenvalue weighted by atomic mass is 16.5. The van der Waals surface area contributed by atoms with Crippen molar-refractivity contribution in [2.75, 3.05) is 38.3 Å². The van der Waals surface area contributed by atoms with Crippen LogP contribution in [0, 0.1) is 13.8 Å². The summed E-state index contributed by atoms with van der Waals surface area (Å²) < 4.78 is 12.6. The Morgan fingerprint density at radius 2 is 2.00 bits per heavy atom. The Hall–Kier alpha value is -2.41. The van der Waals surface area contributed by atoms with Gasteiger partial charge in [0.05, 0.1) is 32.6 Å². The first-order valence-corrected chi connectivity index (χ1v) is 8.97. The SMILES string of the molecule is CCc1cc(=O)n(Cc2ncc(C)c(OC)c2C)c(N2CCOCC2)n1. The van der Waals surface area contributed by atoms with Gasteiger partial charge in [0.15, 0.2) is 0 Å². The fourth-order valence-electron chi connectivity index (χ4n) is 3.25. The first-order valence-electron chi connectivity index (χ1n) is 8.97. The van der Waals surface area contributed by atoms with Crippen molar-refractivity contribution in [1.29, 1.82) is 0 Å². The van der Waals surface area contributed by atoms with Crippen LogP contribution in [-0.4, -0.2) is 47.9 Å². The molecule has 0 N–H and O–H groups in total. The Labute approximate surface area is 153 Å². The molecule has 140 valence electrons. The molecule has 0 unspecified atom stereocenters. The molecule has 0 aliphatic carbocycles. The van der Waals surface area contributed by atoms with Crippen LogP contribution in [0.1, 0.15) is 29.4 Å². The standard InChI is InChI=1S/C19H26N4O3/c1-5-15-10-17(24)23(19(21-15)22-6-8-26-9-7-22)12-16-14(3)18(25-4)13(2)11-20-16/h10-11H,5-9,12H2,1-4H3. The molecular weight excluding hydrogens is 332 g/mol. The van der Waals surface area contributed by atoms with Gasteiger partial charge in [0, 0.05) is 42.2 Å². The predicted molar refractivity (Wildman–Crippen MR) is 100 cm³/mol. The molecular formula is C19H26N4O3. The minimum absolute atomic E-state index is 0.0564. The van der Waals surface area contributed by atoms with Crippen molar-refractivity contribution < 1.29 is 9.47 Å². The van der Waals surface area contributed by atoms with Crippen molar-refractivity contribution in [1.82, 2.24) is 14.5 Å². The number of morpholine rings is 1. The fourth-order valence-corrected chi connectivity index (χ4v) is 3.25. The first-order chi connectivity index (χ1) is 12.5. The van der Waals surface area contributed by atoms with Gasteiger partial charge in [0.25, 0.3) is 5.56 Å². The Morgan fingerprint density at radius 1 is 1.27 bits per heavy atom. The smallest absolute Gasteiger partial charge is 0.255 e. The molecule has 1 fully saturated rings. The lowest BCUT2D eigenvalue weighted by Gasteiger charge is -2.30. The van der Waals surface area contributed by atoms with Crippen molar-refractivity contribution in [3.05, 3.63) is 45.1 Å². The largest absolute Gasteiger partial charge is 0.496 e. The van der Waals surface area contributed by atoms with Crippen LogP contribution >= 0.6 is 0 Å². The number of methoxy groups -OCH3 is 1. The number of ether oxygens (including phenoxy) is 2. The van der Waals surface area contributed by atoms with Crippen molar-refractivity contribution in [3.8, 4) is 5.75 Å². The van der Waals surface area contributed by atoms with Crippen LogP contribution in [0.15, 0.2) is 17.1 Å². The van der Waals surface area contributed by atoms with E-state index < -0.39 is 0 Å². The molecule has 3 rings (SSSR count). The Bertz CT molecular complexity index is 841. The summed E-state index contributed by atoms with van der Waals surface area (Å²) in [5.41, 5.74) is 3.49. The third kappa shape index (κ3) is 3.58. The molecule has 0 amide bonds. The van der Waals surface area contributed by atoms with Gasteiger partial charge in [-0.15, -0.1) is 0 Å². The van der Waals surface area contributed by atoms with Gasteiger partial charge in [-0.25, -0.2) is 4.98 Å². The number of aryl methyl sites for hydroxylation is 2. The number of pyridine rings is 1. The van der Waals surface area contributed by atoms with Crippen LogP contribution in [0.3, 0.4) is 0 Å². The van der Waals surface area contributed by atoms with Crippen molar-refractivity contribution in [2.24, 2.45) is 0 Å². The number of rotatable bonds is 5. The molecule has 1 aliphatic rings. The van der Waals surface area contributed by atoms with Gasteiger partial charge in [0.1, 0.15) is 5.75 Å². The van der Waals surface area contributed by atoms with Crippen LogP contribution in [-0.2, 0) is 17.7 Å². The van der Waals surface area contributed by atoms with Crippen LogP contribution < -0.4 is 15.2 Å². The molecule has 2 aromatic heterocycles. The van der Waals surface area contributed by atoms with Gasteiger partial charge in [-0.2, -0.15) is 0 Å². The second-order valence-electron chi connectivity index (χ2n) is 6.47. The monoisotopic (exact) mass is 358 g/mol. The molecule has 3 heterocycles. The molecule has 26 heavy (non-hydrogen) atoms. The third-order valence-electron chi connectivity index (χ3n) is 4.75. The van der Waals surface area contributed by atoms with Gasteiger partial charge in [-0.05, 0) is 20.3 Å². The lowest BCUT2D eigenvalue weighted by Crippen LogP contribution is -2.41.